The van der Waals surface area contributed by atoms with E-state index in [1.807, 2.05) is 0 Å². The van der Waals surface area contributed by atoms with Crippen molar-refractivity contribution in [3.8, 4) is 5.75 Å². The molecule has 130 valence electrons. The van der Waals surface area contributed by atoms with E-state index in [4.69, 9.17) is 9.47 Å². The van der Waals surface area contributed by atoms with Crippen LogP contribution in [0.4, 0.5) is 0 Å². The average molecular weight is 342 g/mol. The van der Waals surface area contributed by atoms with Gasteiger partial charge in [-0.25, -0.2) is 8.42 Å². The maximum atomic E-state index is 12.8. The first-order valence-electron chi connectivity index (χ1n) is 8.01. The van der Waals surface area contributed by atoms with Gasteiger partial charge >= 0.3 is 5.97 Å². The number of carbonyl (C=O) groups is 1. The van der Waals surface area contributed by atoms with Crippen molar-refractivity contribution >= 4 is 15.8 Å². The van der Waals surface area contributed by atoms with Gasteiger partial charge in [0, 0.05) is 0 Å². The van der Waals surface area contributed by atoms with Gasteiger partial charge in [0.2, 0.25) is 0 Å². The number of methoxy groups -OCH3 is 1. The lowest BCUT2D eigenvalue weighted by molar-refractivity contribution is -0.142. The van der Waals surface area contributed by atoms with Crippen molar-refractivity contribution < 1.29 is 22.7 Å². The summed E-state index contributed by atoms with van der Waals surface area (Å²) in [6.07, 6.45) is 3.96. The summed E-state index contributed by atoms with van der Waals surface area (Å²) in [7, 11) is -2.25. The van der Waals surface area contributed by atoms with Crippen molar-refractivity contribution in [1.29, 1.82) is 0 Å². The fourth-order valence-corrected chi connectivity index (χ4v) is 3.96. The van der Waals surface area contributed by atoms with Gasteiger partial charge in [0.15, 0.2) is 15.1 Å². The molecule has 0 spiro atoms. The number of hydrogen-bond donors (Lipinski definition) is 0. The molecule has 0 aliphatic carbocycles. The zero-order chi connectivity index (χ0) is 17.3. The van der Waals surface area contributed by atoms with Crippen LogP contribution < -0.4 is 4.74 Å². The molecule has 0 bridgehead atoms. The number of carbonyl (C=O) groups excluding carboxylic acids is 1. The smallest absolute Gasteiger partial charge is 0.324 e. The molecule has 0 aliphatic rings. The molecule has 0 saturated carbocycles. The average Bonchev–Trinajstić information content (AvgIpc) is 2.54. The molecular weight excluding hydrogens is 316 g/mol. The topological polar surface area (TPSA) is 69.7 Å². The van der Waals surface area contributed by atoms with Gasteiger partial charge in [0.25, 0.3) is 0 Å². The van der Waals surface area contributed by atoms with Crippen LogP contribution in [0.2, 0.25) is 0 Å². The van der Waals surface area contributed by atoms with Crippen LogP contribution >= 0.6 is 0 Å². The minimum atomic E-state index is -3.76. The summed E-state index contributed by atoms with van der Waals surface area (Å²) in [4.78, 5) is 12.2. The first-order valence-corrected chi connectivity index (χ1v) is 9.56. The first-order chi connectivity index (χ1) is 11.0. The molecule has 0 amide bonds. The molecule has 0 fully saturated rings. The van der Waals surface area contributed by atoms with Gasteiger partial charge in [-0.3, -0.25) is 4.79 Å². The molecule has 6 heteroatoms. The third-order valence-corrected chi connectivity index (χ3v) is 5.74. The first kappa shape index (κ1) is 19.5. The molecule has 1 rings (SSSR count). The molecule has 5 nitrogen and oxygen atoms in total. The van der Waals surface area contributed by atoms with E-state index < -0.39 is 21.1 Å². The number of hydrogen-bond acceptors (Lipinski definition) is 5. The normalized spacial score (nSPS) is 12.7. The van der Waals surface area contributed by atoms with Crippen molar-refractivity contribution in [2.24, 2.45) is 0 Å². The maximum absolute atomic E-state index is 12.8. The van der Waals surface area contributed by atoms with E-state index in [0.717, 1.165) is 19.3 Å². The van der Waals surface area contributed by atoms with Crippen molar-refractivity contribution in [2.45, 2.75) is 56.1 Å². The molecule has 1 aromatic rings. The number of sulfone groups is 1. The Morgan fingerprint density at radius 3 is 2.26 bits per heavy atom. The summed E-state index contributed by atoms with van der Waals surface area (Å²) in [6, 6.07) is 6.08. The molecule has 0 aromatic heterocycles. The Balaban J connectivity index is 2.98. The number of ether oxygens (including phenoxy) is 2. The lowest BCUT2D eigenvalue weighted by atomic mass is 10.1. The van der Waals surface area contributed by atoms with E-state index >= 15 is 0 Å². The van der Waals surface area contributed by atoms with E-state index in [1.54, 1.807) is 19.1 Å². The van der Waals surface area contributed by atoms with Gasteiger partial charge in [0.05, 0.1) is 18.6 Å². The largest absolute Gasteiger partial charge is 0.497 e. The summed E-state index contributed by atoms with van der Waals surface area (Å²) < 4.78 is 35.5. The van der Waals surface area contributed by atoms with Gasteiger partial charge in [0.1, 0.15) is 5.75 Å². The predicted octanol–water partition coefficient (Wildman–Crippen LogP) is 3.37. The highest BCUT2D eigenvalue weighted by atomic mass is 32.2. The summed E-state index contributed by atoms with van der Waals surface area (Å²) in [5.74, 6) is -0.0978. The second-order valence-corrected chi connectivity index (χ2v) is 7.44. The summed E-state index contributed by atoms with van der Waals surface area (Å²) in [6.45, 7) is 3.92. The van der Waals surface area contributed by atoms with Crippen LogP contribution in [0.5, 0.6) is 5.75 Å². The molecule has 0 heterocycles. The number of rotatable bonds is 10. The summed E-state index contributed by atoms with van der Waals surface area (Å²) in [5, 5.41) is -1.15. The molecule has 1 atom stereocenters. The molecule has 0 aliphatic heterocycles. The Bertz CT molecular complexity index is 578. The van der Waals surface area contributed by atoms with Crippen molar-refractivity contribution in [3.05, 3.63) is 24.3 Å². The zero-order valence-corrected chi connectivity index (χ0v) is 14.9. The lowest BCUT2D eigenvalue weighted by Crippen LogP contribution is -2.32. The van der Waals surface area contributed by atoms with E-state index in [9.17, 15) is 13.2 Å². The number of benzene rings is 1. The van der Waals surface area contributed by atoms with E-state index in [2.05, 4.69) is 6.92 Å². The van der Waals surface area contributed by atoms with Gasteiger partial charge in [-0.2, -0.15) is 0 Å². The Morgan fingerprint density at radius 1 is 1.09 bits per heavy atom. The van der Waals surface area contributed by atoms with Crippen molar-refractivity contribution in [3.63, 3.8) is 0 Å². The minimum Gasteiger partial charge on any atom is -0.497 e. The fraction of sp³-hybridized carbons (Fsp3) is 0.588. The third-order valence-electron chi connectivity index (χ3n) is 3.63. The van der Waals surface area contributed by atoms with E-state index in [0.29, 0.717) is 12.2 Å². The summed E-state index contributed by atoms with van der Waals surface area (Å²) >= 11 is 0. The van der Waals surface area contributed by atoms with Crippen LogP contribution in [0.15, 0.2) is 29.2 Å². The molecule has 0 N–H and O–H groups in total. The molecule has 0 unspecified atom stereocenters. The molecule has 0 saturated heterocycles. The minimum absolute atomic E-state index is 0.117. The SMILES string of the molecule is CCCCCC[C@@H](C(=O)OCC)S(=O)(=O)c1ccc(OC)cc1. The van der Waals surface area contributed by atoms with E-state index in [-0.39, 0.29) is 17.9 Å². The standard InChI is InChI=1S/C17H26O5S/c1-4-6-7-8-9-16(17(18)22-5-2)23(19,20)15-12-10-14(21-3)11-13-15/h10-13,16H,4-9H2,1-3H3/t16-/m0/s1. The summed E-state index contributed by atoms with van der Waals surface area (Å²) in [5.41, 5.74) is 0. The zero-order valence-electron chi connectivity index (χ0n) is 14.1. The fourth-order valence-electron chi connectivity index (χ4n) is 2.32. The van der Waals surface area contributed by atoms with Gasteiger partial charge in [-0.15, -0.1) is 0 Å². The monoisotopic (exact) mass is 342 g/mol. The Kier molecular flexibility index (Phi) is 8.09. The lowest BCUT2D eigenvalue weighted by Gasteiger charge is -2.16. The van der Waals surface area contributed by atoms with Crippen LogP contribution in [-0.4, -0.2) is 33.4 Å². The van der Waals surface area contributed by atoms with Crippen molar-refractivity contribution in [1.82, 2.24) is 0 Å². The van der Waals surface area contributed by atoms with Gasteiger partial charge in [-0.05, 0) is 37.6 Å². The molecule has 0 radical (unpaired) electrons. The van der Waals surface area contributed by atoms with E-state index in [1.165, 1.54) is 19.2 Å². The molecule has 1 aromatic carbocycles. The van der Waals surface area contributed by atoms with Crippen molar-refractivity contribution in [2.75, 3.05) is 13.7 Å². The highest BCUT2D eigenvalue weighted by Gasteiger charge is 2.34. The van der Waals surface area contributed by atoms with Gasteiger partial charge in [-0.1, -0.05) is 32.6 Å². The Labute approximate surface area is 138 Å². The van der Waals surface area contributed by atoms with Gasteiger partial charge < -0.3 is 9.47 Å². The molecular formula is C17H26O5S. The highest BCUT2D eigenvalue weighted by molar-refractivity contribution is 7.92. The van der Waals surface area contributed by atoms with Crippen LogP contribution in [0.1, 0.15) is 46.0 Å². The Morgan fingerprint density at radius 2 is 1.74 bits per heavy atom. The second kappa shape index (κ2) is 9.55. The third kappa shape index (κ3) is 5.53. The molecule has 23 heavy (non-hydrogen) atoms. The Hall–Kier alpha value is -1.56. The highest BCUT2D eigenvalue weighted by Crippen LogP contribution is 2.24. The second-order valence-electron chi connectivity index (χ2n) is 5.31. The van der Waals surface area contributed by atoms with Crippen LogP contribution in [-0.2, 0) is 19.4 Å². The number of unbranched alkanes of at least 4 members (excludes halogenated alkanes) is 3. The quantitative estimate of drug-likeness (QED) is 0.481. The van der Waals surface area contributed by atoms with Crippen LogP contribution in [0, 0.1) is 0 Å². The maximum Gasteiger partial charge on any atom is 0.324 e. The number of esters is 1. The predicted molar refractivity (Wildman–Crippen MR) is 89.4 cm³/mol. The van der Waals surface area contributed by atoms with Crippen LogP contribution in [0.25, 0.3) is 0 Å². The van der Waals surface area contributed by atoms with Crippen LogP contribution in [0.3, 0.4) is 0 Å².